The van der Waals surface area contributed by atoms with E-state index in [1.54, 1.807) is 11.3 Å². The van der Waals surface area contributed by atoms with Crippen LogP contribution >= 0.6 is 11.3 Å². The number of rotatable bonds is 6. The normalized spacial score (nSPS) is 15.3. The van der Waals surface area contributed by atoms with Crippen LogP contribution in [-0.2, 0) is 11.3 Å². The van der Waals surface area contributed by atoms with Gasteiger partial charge in [0.2, 0.25) is 0 Å². The summed E-state index contributed by atoms with van der Waals surface area (Å²) in [6, 6.07) is 19.1. The lowest BCUT2D eigenvalue weighted by molar-refractivity contribution is 0.122. The molecule has 6 rings (SSSR count). The van der Waals surface area contributed by atoms with Gasteiger partial charge in [-0.25, -0.2) is 9.97 Å². The van der Waals surface area contributed by atoms with Gasteiger partial charge in [-0.3, -0.25) is 5.10 Å². The van der Waals surface area contributed by atoms with Crippen LogP contribution in [0.4, 0.5) is 5.82 Å². The maximum Gasteiger partial charge on any atom is 0.162 e. The summed E-state index contributed by atoms with van der Waals surface area (Å²) in [5, 5.41) is 12.0. The smallest absolute Gasteiger partial charge is 0.162 e. The van der Waals surface area contributed by atoms with E-state index in [1.807, 2.05) is 18.3 Å². The maximum atomic E-state index is 5.60. The molecule has 1 saturated heterocycles. The van der Waals surface area contributed by atoms with Crippen LogP contribution in [0.2, 0.25) is 0 Å². The highest BCUT2D eigenvalue weighted by Gasteiger charge is 2.21. The lowest BCUT2D eigenvalue weighted by atomic mass is 10.1. The Kier molecular flexibility index (Phi) is 5.70. The van der Waals surface area contributed by atoms with Crippen LogP contribution in [0.15, 0.2) is 60.8 Å². The van der Waals surface area contributed by atoms with Gasteiger partial charge in [-0.15, -0.1) is 11.3 Å². The minimum absolute atomic E-state index is 0.269. The molecule has 8 heteroatoms. The lowest BCUT2D eigenvalue weighted by Crippen LogP contribution is -2.36. The summed E-state index contributed by atoms with van der Waals surface area (Å²) in [6.45, 7) is 6.08. The third kappa shape index (κ3) is 4.04. The van der Waals surface area contributed by atoms with Crippen LogP contribution in [-0.4, -0.2) is 46.5 Å². The molecule has 0 aliphatic carbocycles. The fourth-order valence-corrected chi connectivity index (χ4v) is 5.50. The number of aromatic nitrogens is 4. The number of ether oxygens (including phenoxy) is 1. The maximum absolute atomic E-state index is 5.60. The highest BCUT2D eigenvalue weighted by molar-refractivity contribution is 7.19. The number of hydrogen-bond acceptors (Lipinski definition) is 7. The van der Waals surface area contributed by atoms with Crippen molar-refractivity contribution < 1.29 is 4.74 Å². The van der Waals surface area contributed by atoms with Crippen LogP contribution in [0, 0.1) is 0 Å². The number of H-pyrrole nitrogens is 1. The second kappa shape index (κ2) is 9.13. The van der Waals surface area contributed by atoms with Crippen molar-refractivity contribution in [3.8, 4) is 11.4 Å². The molecule has 3 aromatic heterocycles. The lowest BCUT2D eigenvalue weighted by Gasteiger charge is -2.28. The number of nitrogens with zero attached hydrogens (tertiary/aromatic N) is 4. The summed E-state index contributed by atoms with van der Waals surface area (Å²) in [4.78, 5) is 13.7. The van der Waals surface area contributed by atoms with Gasteiger partial charge >= 0.3 is 0 Å². The first-order valence-electron chi connectivity index (χ1n) is 11.6. The molecule has 1 aliphatic heterocycles. The van der Waals surface area contributed by atoms with Crippen LogP contribution in [0.25, 0.3) is 32.5 Å². The molecule has 0 saturated carbocycles. The molecule has 2 N–H and O–H groups in total. The minimum atomic E-state index is 0.269. The summed E-state index contributed by atoms with van der Waals surface area (Å²) >= 11 is 1.78. The molecule has 1 unspecified atom stereocenters. The third-order valence-corrected chi connectivity index (χ3v) is 7.44. The number of nitrogens with one attached hydrogen (secondary N) is 2. The Morgan fingerprint density at radius 1 is 1.09 bits per heavy atom. The second-order valence-electron chi connectivity index (χ2n) is 8.55. The Bertz CT molecular complexity index is 1420. The number of aromatic amines is 1. The molecule has 1 aliphatic rings. The molecule has 5 aromatic rings. The molecule has 0 spiro atoms. The van der Waals surface area contributed by atoms with Crippen molar-refractivity contribution in [2.45, 2.75) is 19.5 Å². The predicted molar refractivity (Wildman–Crippen MR) is 137 cm³/mol. The zero-order valence-electron chi connectivity index (χ0n) is 19.0. The molecule has 2 aromatic carbocycles. The zero-order chi connectivity index (χ0) is 22.9. The van der Waals surface area contributed by atoms with Gasteiger partial charge in [0.15, 0.2) is 11.6 Å². The summed E-state index contributed by atoms with van der Waals surface area (Å²) in [7, 11) is 0. The van der Waals surface area contributed by atoms with E-state index in [0.29, 0.717) is 13.2 Å². The molecule has 1 fully saturated rings. The van der Waals surface area contributed by atoms with E-state index in [9.17, 15) is 0 Å². The highest BCUT2D eigenvalue weighted by Crippen LogP contribution is 2.36. The minimum Gasteiger partial charge on any atom is -0.378 e. The monoisotopic (exact) mass is 470 g/mol. The number of benzene rings is 2. The Morgan fingerprint density at radius 3 is 2.79 bits per heavy atom. The number of fused-ring (bicyclic) bond motifs is 2. The first-order chi connectivity index (χ1) is 16.8. The average molecular weight is 471 g/mol. The van der Waals surface area contributed by atoms with Gasteiger partial charge in [0.1, 0.15) is 0 Å². The van der Waals surface area contributed by atoms with E-state index < -0.39 is 0 Å². The molecule has 4 heterocycles. The van der Waals surface area contributed by atoms with Crippen molar-refractivity contribution in [3.05, 3.63) is 71.2 Å². The molecule has 172 valence electrons. The summed E-state index contributed by atoms with van der Waals surface area (Å²) in [5.74, 6) is 1.73. The van der Waals surface area contributed by atoms with E-state index in [2.05, 4.69) is 69.8 Å². The number of thiophene rings is 1. The largest absolute Gasteiger partial charge is 0.378 e. The van der Waals surface area contributed by atoms with E-state index in [-0.39, 0.29) is 6.04 Å². The standard InChI is InChI=1S/C26H26N6OS/c1-17(18-6-3-2-4-7-18)27-15-19-14-23-24(34-19)26(32-10-12-33-13-11-32)30-25(29-23)20-8-5-9-22-21(20)16-28-31-22/h2-9,14,16-17,27H,10-13,15H2,1H3,(H,28,31). The first kappa shape index (κ1) is 21.2. The van der Waals surface area contributed by atoms with Gasteiger partial charge in [-0.05, 0) is 24.6 Å². The number of morpholine rings is 1. The van der Waals surface area contributed by atoms with Crippen LogP contribution in [0.3, 0.4) is 0 Å². The Labute approximate surface area is 201 Å². The Morgan fingerprint density at radius 2 is 1.94 bits per heavy atom. The van der Waals surface area contributed by atoms with E-state index in [0.717, 1.165) is 58.0 Å². The number of hydrogen-bond donors (Lipinski definition) is 2. The van der Waals surface area contributed by atoms with Gasteiger partial charge in [-0.1, -0.05) is 42.5 Å². The first-order valence-corrected chi connectivity index (χ1v) is 12.4. The molecular formula is C26H26N6OS. The van der Waals surface area contributed by atoms with Gasteiger partial charge < -0.3 is 15.0 Å². The van der Waals surface area contributed by atoms with E-state index >= 15 is 0 Å². The Hall–Kier alpha value is -3.33. The quantitative estimate of drug-likeness (QED) is 0.367. The fraction of sp³-hybridized carbons (Fsp3) is 0.269. The van der Waals surface area contributed by atoms with E-state index in [1.165, 1.54) is 10.4 Å². The SMILES string of the molecule is CC(NCc1cc2nc(-c3cccc4[nH]ncc34)nc(N3CCOCC3)c2s1)c1ccccc1. The van der Waals surface area contributed by atoms with Gasteiger partial charge in [0.05, 0.1) is 35.1 Å². The van der Waals surface area contributed by atoms with Crippen molar-refractivity contribution in [1.29, 1.82) is 0 Å². The fourth-order valence-electron chi connectivity index (χ4n) is 4.44. The van der Waals surface area contributed by atoms with Gasteiger partial charge in [-0.2, -0.15) is 5.10 Å². The average Bonchev–Trinajstić information content (AvgIpc) is 3.54. The van der Waals surface area contributed by atoms with Crippen LogP contribution in [0.1, 0.15) is 23.4 Å². The molecule has 34 heavy (non-hydrogen) atoms. The van der Waals surface area contributed by atoms with E-state index in [4.69, 9.17) is 14.7 Å². The molecule has 0 amide bonds. The molecule has 1 atom stereocenters. The molecule has 0 bridgehead atoms. The summed E-state index contributed by atoms with van der Waals surface area (Å²) < 4.78 is 6.74. The van der Waals surface area contributed by atoms with Crippen molar-refractivity contribution in [2.24, 2.45) is 0 Å². The van der Waals surface area contributed by atoms with Crippen LogP contribution < -0.4 is 10.2 Å². The van der Waals surface area contributed by atoms with Crippen molar-refractivity contribution in [2.75, 3.05) is 31.2 Å². The van der Waals surface area contributed by atoms with Gasteiger partial charge in [0.25, 0.3) is 0 Å². The third-order valence-electron chi connectivity index (χ3n) is 6.32. The van der Waals surface area contributed by atoms with Crippen LogP contribution in [0.5, 0.6) is 0 Å². The molecule has 7 nitrogen and oxygen atoms in total. The predicted octanol–water partition coefficient (Wildman–Crippen LogP) is 4.92. The van der Waals surface area contributed by atoms with Crippen molar-refractivity contribution in [1.82, 2.24) is 25.5 Å². The summed E-state index contributed by atoms with van der Waals surface area (Å²) in [5.41, 5.74) is 4.25. The van der Waals surface area contributed by atoms with Gasteiger partial charge in [0, 0.05) is 41.5 Å². The molecule has 0 radical (unpaired) electrons. The highest BCUT2D eigenvalue weighted by atomic mass is 32.1. The topological polar surface area (TPSA) is 79.0 Å². The second-order valence-corrected chi connectivity index (χ2v) is 9.68. The Balaban J connectivity index is 1.38. The zero-order valence-corrected chi connectivity index (χ0v) is 19.8. The summed E-state index contributed by atoms with van der Waals surface area (Å²) in [6.07, 6.45) is 1.85. The van der Waals surface area contributed by atoms with Crippen molar-refractivity contribution in [3.63, 3.8) is 0 Å². The van der Waals surface area contributed by atoms with Crippen molar-refractivity contribution >= 4 is 38.3 Å². The molecular weight excluding hydrogens is 444 g/mol. The number of anilines is 1.